The number of hydrogen-bond donors (Lipinski definition) is 2. The van der Waals surface area contributed by atoms with E-state index in [4.69, 9.17) is 11.6 Å². The predicted octanol–water partition coefficient (Wildman–Crippen LogP) is 3.78. The van der Waals surface area contributed by atoms with Gasteiger partial charge in [-0.25, -0.2) is 8.42 Å². The summed E-state index contributed by atoms with van der Waals surface area (Å²) in [6, 6.07) is 8.93. The van der Waals surface area contributed by atoms with Gasteiger partial charge in [0, 0.05) is 23.7 Å². The van der Waals surface area contributed by atoms with Crippen molar-refractivity contribution in [3.8, 4) is 5.75 Å². The fourth-order valence-corrected chi connectivity index (χ4v) is 4.91. The fraction of sp³-hybridized carbons (Fsp3) is 0.316. The molecule has 0 saturated carbocycles. The number of nitrogens with zero attached hydrogens (tertiary/aromatic N) is 1. The van der Waals surface area contributed by atoms with Crippen LogP contribution in [0.3, 0.4) is 0 Å². The SMILES string of the molecule is Cc1cc(Cl)cc(NC(=O)c2cccc(S(=O)(=O)N3CCCCC3)c2)c1O. The van der Waals surface area contributed by atoms with Crippen molar-refractivity contribution < 1.29 is 18.3 Å². The van der Waals surface area contributed by atoms with E-state index in [0.717, 1.165) is 19.3 Å². The molecule has 0 aliphatic carbocycles. The number of anilines is 1. The number of aryl methyl sites for hydroxylation is 1. The van der Waals surface area contributed by atoms with E-state index in [1.165, 1.54) is 34.6 Å². The highest BCUT2D eigenvalue weighted by Crippen LogP contribution is 2.31. The highest BCUT2D eigenvalue weighted by molar-refractivity contribution is 7.89. The van der Waals surface area contributed by atoms with Gasteiger partial charge in [-0.05, 0) is 55.7 Å². The van der Waals surface area contributed by atoms with Gasteiger partial charge in [0.1, 0.15) is 5.75 Å². The predicted molar refractivity (Wildman–Crippen MR) is 105 cm³/mol. The van der Waals surface area contributed by atoms with Gasteiger partial charge in [-0.3, -0.25) is 4.79 Å². The molecule has 8 heteroatoms. The molecule has 1 saturated heterocycles. The van der Waals surface area contributed by atoms with Crippen LogP contribution in [0.25, 0.3) is 0 Å². The lowest BCUT2D eigenvalue weighted by Gasteiger charge is -2.26. The number of carbonyl (C=O) groups excluding carboxylic acids is 1. The molecular weight excluding hydrogens is 388 g/mol. The molecule has 0 spiro atoms. The van der Waals surface area contributed by atoms with Crippen LogP contribution < -0.4 is 5.32 Å². The lowest BCUT2D eigenvalue weighted by atomic mass is 10.1. The molecule has 1 heterocycles. The number of hydrogen-bond acceptors (Lipinski definition) is 4. The summed E-state index contributed by atoms with van der Waals surface area (Å²) in [6.45, 7) is 2.66. The molecule has 1 aliphatic heterocycles. The Morgan fingerprint density at radius 1 is 1.15 bits per heavy atom. The van der Waals surface area contributed by atoms with E-state index in [1.807, 2.05) is 0 Å². The Kier molecular flexibility index (Phi) is 5.74. The zero-order valence-electron chi connectivity index (χ0n) is 14.9. The van der Waals surface area contributed by atoms with E-state index in [0.29, 0.717) is 23.7 Å². The molecule has 0 bridgehead atoms. The van der Waals surface area contributed by atoms with Crippen LogP contribution in [0.5, 0.6) is 5.75 Å². The summed E-state index contributed by atoms with van der Waals surface area (Å²) >= 11 is 5.98. The Balaban J connectivity index is 1.86. The smallest absolute Gasteiger partial charge is 0.255 e. The zero-order valence-corrected chi connectivity index (χ0v) is 16.5. The quantitative estimate of drug-likeness (QED) is 0.753. The third-order valence-electron chi connectivity index (χ3n) is 4.56. The Labute approximate surface area is 163 Å². The van der Waals surface area contributed by atoms with Gasteiger partial charge in [-0.2, -0.15) is 4.31 Å². The number of phenols is 1. The van der Waals surface area contributed by atoms with Gasteiger partial charge in [0.2, 0.25) is 10.0 Å². The number of aromatic hydroxyl groups is 1. The third-order valence-corrected chi connectivity index (χ3v) is 6.68. The van der Waals surface area contributed by atoms with Crippen LogP contribution in [-0.4, -0.2) is 36.8 Å². The summed E-state index contributed by atoms with van der Waals surface area (Å²) in [5, 5.41) is 13.1. The summed E-state index contributed by atoms with van der Waals surface area (Å²) in [6.07, 6.45) is 2.70. The monoisotopic (exact) mass is 408 g/mol. The van der Waals surface area contributed by atoms with Crippen LogP contribution in [0.4, 0.5) is 5.69 Å². The minimum absolute atomic E-state index is 0.0788. The number of benzene rings is 2. The van der Waals surface area contributed by atoms with E-state index in [-0.39, 0.29) is 21.9 Å². The van der Waals surface area contributed by atoms with E-state index in [1.54, 1.807) is 13.0 Å². The number of halogens is 1. The molecule has 0 radical (unpaired) electrons. The molecule has 2 aromatic carbocycles. The maximum atomic E-state index is 12.8. The van der Waals surface area contributed by atoms with Gasteiger partial charge in [0.15, 0.2) is 0 Å². The molecule has 1 amide bonds. The molecule has 3 rings (SSSR count). The largest absolute Gasteiger partial charge is 0.505 e. The standard InChI is InChI=1S/C19H21ClN2O4S/c1-13-10-15(20)12-17(18(13)23)21-19(24)14-6-5-7-16(11-14)27(25,26)22-8-3-2-4-9-22/h5-7,10-12,23H,2-4,8-9H2,1H3,(H,21,24). The summed E-state index contributed by atoms with van der Waals surface area (Å²) in [7, 11) is -3.63. The average molecular weight is 409 g/mol. The van der Waals surface area contributed by atoms with E-state index in [2.05, 4.69) is 5.32 Å². The van der Waals surface area contributed by atoms with Crippen molar-refractivity contribution in [1.82, 2.24) is 4.31 Å². The molecular formula is C19H21ClN2O4S. The Morgan fingerprint density at radius 2 is 1.85 bits per heavy atom. The summed E-state index contributed by atoms with van der Waals surface area (Å²) < 4.78 is 27.1. The summed E-state index contributed by atoms with van der Waals surface area (Å²) in [5.74, 6) is -0.604. The van der Waals surface area contributed by atoms with E-state index >= 15 is 0 Å². The van der Waals surface area contributed by atoms with Crippen LogP contribution in [0.2, 0.25) is 5.02 Å². The van der Waals surface area contributed by atoms with Crippen LogP contribution >= 0.6 is 11.6 Å². The lowest BCUT2D eigenvalue weighted by Crippen LogP contribution is -2.35. The first-order valence-electron chi connectivity index (χ1n) is 8.70. The van der Waals surface area contributed by atoms with Crippen molar-refractivity contribution >= 4 is 33.2 Å². The third kappa shape index (κ3) is 4.26. The normalized spacial score (nSPS) is 15.5. The molecule has 2 N–H and O–H groups in total. The first-order chi connectivity index (χ1) is 12.8. The number of rotatable bonds is 4. The number of piperidine rings is 1. The van der Waals surface area contributed by atoms with Crippen molar-refractivity contribution in [1.29, 1.82) is 0 Å². The average Bonchev–Trinajstić information content (AvgIpc) is 2.66. The van der Waals surface area contributed by atoms with Crippen molar-refractivity contribution in [2.75, 3.05) is 18.4 Å². The van der Waals surface area contributed by atoms with Crippen LogP contribution in [-0.2, 0) is 10.0 Å². The highest BCUT2D eigenvalue weighted by Gasteiger charge is 2.26. The van der Waals surface area contributed by atoms with Crippen LogP contribution in [0.15, 0.2) is 41.3 Å². The molecule has 144 valence electrons. The minimum atomic E-state index is -3.63. The fourth-order valence-electron chi connectivity index (χ4n) is 3.08. The summed E-state index contributed by atoms with van der Waals surface area (Å²) in [5.41, 5.74) is 0.888. The van der Waals surface area contributed by atoms with Crippen molar-refractivity contribution in [2.24, 2.45) is 0 Å². The topological polar surface area (TPSA) is 86.7 Å². The maximum absolute atomic E-state index is 12.8. The Hall–Kier alpha value is -2.09. The van der Waals surface area contributed by atoms with Gasteiger partial charge in [-0.1, -0.05) is 24.1 Å². The number of phenolic OH excluding ortho intramolecular Hbond substituents is 1. The van der Waals surface area contributed by atoms with Gasteiger partial charge in [0.25, 0.3) is 5.91 Å². The second-order valence-electron chi connectivity index (χ2n) is 6.57. The molecule has 27 heavy (non-hydrogen) atoms. The summed E-state index contributed by atoms with van der Waals surface area (Å²) in [4.78, 5) is 12.7. The Morgan fingerprint density at radius 3 is 2.56 bits per heavy atom. The highest BCUT2D eigenvalue weighted by atomic mass is 35.5. The zero-order chi connectivity index (χ0) is 19.6. The first-order valence-corrected chi connectivity index (χ1v) is 10.5. The van der Waals surface area contributed by atoms with Crippen molar-refractivity contribution in [2.45, 2.75) is 31.1 Å². The van der Waals surface area contributed by atoms with Gasteiger partial charge in [-0.15, -0.1) is 0 Å². The van der Waals surface area contributed by atoms with Gasteiger partial charge < -0.3 is 10.4 Å². The number of sulfonamides is 1. The molecule has 0 unspecified atom stereocenters. The van der Waals surface area contributed by atoms with Crippen LogP contribution in [0.1, 0.15) is 35.2 Å². The van der Waals surface area contributed by atoms with Crippen LogP contribution in [0, 0.1) is 6.92 Å². The van der Waals surface area contributed by atoms with Gasteiger partial charge >= 0.3 is 0 Å². The minimum Gasteiger partial charge on any atom is -0.505 e. The van der Waals surface area contributed by atoms with Crippen molar-refractivity contribution in [3.63, 3.8) is 0 Å². The molecule has 1 fully saturated rings. The molecule has 0 aromatic heterocycles. The molecule has 6 nitrogen and oxygen atoms in total. The van der Waals surface area contributed by atoms with E-state index < -0.39 is 15.9 Å². The second-order valence-corrected chi connectivity index (χ2v) is 8.94. The lowest BCUT2D eigenvalue weighted by molar-refractivity contribution is 0.102. The molecule has 0 atom stereocenters. The number of amides is 1. The molecule has 2 aromatic rings. The maximum Gasteiger partial charge on any atom is 0.255 e. The molecule has 1 aliphatic rings. The number of nitrogens with one attached hydrogen (secondary N) is 1. The Bertz CT molecular complexity index is 970. The van der Waals surface area contributed by atoms with Gasteiger partial charge in [0.05, 0.1) is 10.6 Å². The van der Waals surface area contributed by atoms with E-state index in [9.17, 15) is 18.3 Å². The van der Waals surface area contributed by atoms with Crippen molar-refractivity contribution in [3.05, 3.63) is 52.5 Å². The first kappa shape index (κ1) is 19.7. The second kappa shape index (κ2) is 7.88. The number of carbonyl (C=O) groups is 1.